The Bertz CT molecular complexity index is 715. The number of anilines is 1. The van der Waals surface area contributed by atoms with Crippen LogP contribution in [0.25, 0.3) is 6.08 Å². The monoisotopic (exact) mass is 287 g/mol. The number of aromatic carboxylic acids is 1. The van der Waals surface area contributed by atoms with Crippen LogP contribution >= 0.6 is 0 Å². The maximum Gasteiger partial charge on any atom is 0.339 e. The van der Waals surface area contributed by atoms with Crippen molar-refractivity contribution >= 4 is 23.6 Å². The molecule has 2 aromatic rings. The summed E-state index contributed by atoms with van der Waals surface area (Å²) >= 11 is 0. The van der Waals surface area contributed by atoms with Crippen LogP contribution in [0.2, 0.25) is 0 Å². The molecule has 0 spiro atoms. The van der Waals surface area contributed by atoms with E-state index in [-0.39, 0.29) is 17.0 Å². The maximum atomic E-state index is 11.7. The largest absolute Gasteiger partial charge is 0.507 e. The van der Waals surface area contributed by atoms with E-state index >= 15 is 0 Å². The molecule has 0 fully saturated rings. The molecule has 0 saturated heterocycles. The van der Waals surface area contributed by atoms with Crippen LogP contribution in [0.3, 0.4) is 0 Å². The van der Waals surface area contributed by atoms with Crippen LogP contribution in [0.4, 0.5) is 5.69 Å². The van der Waals surface area contributed by atoms with Gasteiger partial charge in [-0.15, -0.1) is 0 Å². The highest BCUT2D eigenvalue weighted by molar-refractivity contribution is 6.02. The number of carboxylic acid groups (broad SMARTS) is 1. The Kier molecular flexibility index (Phi) is 4.08. The van der Waals surface area contributed by atoms with Crippen LogP contribution in [0.1, 0.15) is 21.9 Å². The van der Waals surface area contributed by atoms with Crippen LogP contribution in [0.5, 0.6) is 5.75 Å². The lowest BCUT2D eigenvalue weighted by molar-refractivity contribution is -0.111. The van der Waals surface area contributed by atoms with Crippen LogP contribution in [0.15, 0.2) is 40.8 Å². The number of carboxylic acids is 1. The van der Waals surface area contributed by atoms with Gasteiger partial charge in [-0.1, -0.05) is 0 Å². The topological polar surface area (TPSA) is 99.8 Å². The Balaban J connectivity index is 2.07. The number of aryl methyl sites for hydroxylation is 1. The van der Waals surface area contributed by atoms with E-state index in [4.69, 9.17) is 9.52 Å². The number of nitrogens with one attached hydrogen (secondary N) is 1. The Labute approximate surface area is 120 Å². The van der Waals surface area contributed by atoms with E-state index in [2.05, 4.69) is 5.32 Å². The van der Waals surface area contributed by atoms with Gasteiger partial charge in [0.1, 0.15) is 22.8 Å². The van der Waals surface area contributed by atoms with Crippen molar-refractivity contribution in [1.82, 2.24) is 0 Å². The van der Waals surface area contributed by atoms with Crippen molar-refractivity contribution < 1.29 is 24.2 Å². The quantitative estimate of drug-likeness (QED) is 0.593. The second-order valence-electron chi connectivity index (χ2n) is 4.31. The van der Waals surface area contributed by atoms with E-state index in [1.165, 1.54) is 30.4 Å². The number of carbonyl (C=O) groups is 2. The third kappa shape index (κ3) is 3.73. The molecule has 0 bridgehead atoms. The normalized spacial score (nSPS) is 10.7. The molecule has 0 unspecified atom stereocenters. The summed E-state index contributed by atoms with van der Waals surface area (Å²) in [6, 6.07) is 7.29. The summed E-state index contributed by atoms with van der Waals surface area (Å²) in [6.45, 7) is 1.79. The Morgan fingerprint density at radius 3 is 2.62 bits per heavy atom. The summed E-state index contributed by atoms with van der Waals surface area (Å²) in [4.78, 5) is 22.6. The number of amides is 1. The van der Waals surface area contributed by atoms with Gasteiger partial charge in [0.05, 0.1) is 0 Å². The summed E-state index contributed by atoms with van der Waals surface area (Å²) in [5.41, 5.74) is -0.00563. The van der Waals surface area contributed by atoms with Gasteiger partial charge < -0.3 is 19.9 Å². The number of phenols is 1. The van der Waals surface area contributed by atoms with E-state index in [1.54, 1.807) is 19.1 Å². The molecular formula is C15H13NO5. The first-order valence-electron chi connectivity index (χ1n) is 6.07. The summed E-state index contributed by atoms with van der Waals surface area (Å²) in [5.74, 6) is -0.794. The molecule has 1 heterocycles. The lowest BCUT2D eigenvalue weighted by atomic mass is 10.2. The van der Waals surface area contributed by atoms with Gasteiger partial charge in [0.25, 0.3) is 0 Å². The molecule has 0 atom stereocenters. The first kappa shape index (κ1) is 14.4. The fraction of sp³-hybridized carbons (Fsp3) is 0.0667. The van der Waals surface area contributed by atoms with E-state index in [0.29, 0.717) is 5.76 Å². The molecule has 1 aromatic heterocycles. The first-order valence-corrected chi connectivity index (χ1v) is 6.07. The Morgan fingerprint density at radius 1 is 1.24 bits per heavy atom. The molecule has 0 radical (unpaired) electrons. The van der Waals surface area contributed by atoms with Gasteiger partial charge in [-0.3, -0.25) is 4.79 Å². The predicted molar refractivity (Wildman–Crippen MR) is 76.2 cm³/mol. The minimum Gasteiger partial charge on any atom is -0.507 e. The summed E-state index contributed by atoms with van der Waals surface area (Å²) < 4.78 is 5.27. The molecule has 1 amide bonds. The third-order valence-electron chi connectivity index (χ3n) is 2.65. The van der Waals surface area contributed by atoms with Crippen molar-refractivity contribution in [1.29, 1.82) is 0 Å². The number of hydrogen-bond donors (Lipinski definition) is 3. The zero-order valence-corrected chi connectivity index (χ0v) is 11.2. The SMILES string of the molecule is Cc1ccc(/C=C/C(=O)Nc2ccc(O)c(C(=O)O)c2)o1. The lowest BCUT2D eigenvalue weighted by Crippen LogP contribution is -2.08. The number of benzene rings is 1. The van der Waals surface area contributed by atoms with Crippen LogP contribution < -0.4 is 5.32 Å². The Hall–Kier alpha value is -3.02. The number of aromatic hydroxyl groups is 1. The molecule has 21 heavy (non-hydrogen) atoms. The molecule has 6 heteroatoms. The maximum absolute atomic E-state index is 11.7. The fourth-order valence-electron chi connectivity index (χ4n) is 1.67. The summed E-state index contributed by atoms with van der Waals surface area (Å²) in [7, 11) is 0. The van der Waals surface area contributed by atoms with Crippen LogP contribution in [-0.2, 0) is 4.79 Å². The van der Waals surface area contributed by atoms with Crippen molar-refractivity contribution in [3.63, 3.8) is 0 Å². The lowest BCUT2D eigenvalue weighted by Gasteiger charge is -2.05. The second-order valence-corrected chi connectivity index (χ2v) is 4.31. The number of rotatable bonds is 4. The molecule has 0 saturated carbocycles. The standard InChI is InChI=1S/C15H13NO5/c1-9-2-4-11(21-9)5-7-14(18)16-10-3-6-13(17)12(8-10)15(19)20/h2-8,17H,1H3,(H,16,18)(H,19,20)/b7-5+. The van der Waals surface area contributed by atoms with E-state index in [1.807, 2.05) is 0 Å². The molecule has 3 N–H and O–H groups in total. The van der Waals surface area contributed by atoms with Crippen molar-refractivity contribution in [2.24, 2.45) is 0 Å². The fourth-order valence-corrected chi connectivity index (χ4v) is 1.67. The van der Waals surface area contributed by atoms with Gasteiger partial charge in [-0.25, -0.2) is 4.79 Å². The second kappa shape index (κ2) is 5.96. The highest BCUT2D eigenvalue weighted by Gasteiger charge is 2.10. The molecule has 0 aliphatic carbocycles. The van der Waals surface area contributed by atoms with Gasteiger partial charge in [0.15, 0.2) is 0 Å². The van der Waals surface area contributed by atoms with E-state index in [9.17, 15) is 14.7 Å². The molecular weight excluding hydrogens is 274 g/mol. The summed E-state index contributed by atoms with van der Waals surface area (Å²) in [5, 5.41) is 20.8. The minimum atomic E-state index is -1.27. The zero-order valence-electron chi connectivity index (χ0n) is 11.2. The average Bonchev–Trinajstić information content (AvgIpc) is 2.84. The number of hydrogen-bond acceptors (Lipinski definition) is 4. The van der Waals surface area contributed by atoms with Gasteiger partial charge in [0, 0.05) is 11.8 Å². The minimum absolute atomic E-state index is 0.274. The number of carbonyl (C=O) groups excluding carboxylic acids is 1. The first-order chi connectivity index (χ1) is 9.95. The Morgan fingerprint density at radius 2 is 2.00 bits per heavy atom. The zero-order chi connectivity index (χ0) is 15.4. The van der Waals surface area contributed by atoms with Gasteiger partial charge in [-0.2, -0.15) is 0 Å². The van der Waals surface area contributed by atoms with Gasteiger partial charge in [-0.05, 0) is 43.3 Å². The molecule has 0 aliphatic rings. The average molecular weight is 287 g/mol. The highest BCUT2D eigenvalue weighted by Crippen LogP contribution is 2.21. The van der Waals surface area contributed by atoms with E-state index < -0.39 is 11.9 Å². The van der Waals surface area contributed by atoms with Crippen molar-refractivity contribution in [2.75, 3.05) is 5.32 Å². The van der Waals surface area contributed by atoms with Crippen LogP contribution in [-0.4, -0.2) is 22.1 Å². The summed E-state index contributed by atoms with van der Waals surface area (Å²) in [6.07, 6.45) is 2.77. The predicted octanol–water partition coefficient (Wildman–Crippen LogP) is 2.64. The van der Waals surface area contributed by atoms with Crippen molar-refractivity contribution in [3.8, 4) is 5.75 Å². The number of furan rings is 1. The van der Waals surface area contributed by atoms with Crippen molar-refractivity contribution in [3.05, 3.63) is 53.5 Å². The molecule has 0 aliphatic heterocycles. The highest BCUT2D eigenvalue weighted by atomic mass is 16.4. The molecule has 108 valence electrons. The molecule has 1 aromatic carbocycles. The third-order valence-corrected chi connectivity index (χ3v) is 2.65. The van der Waals surface area contributed by atoms with E-state index in [0.717, 1.165) is 5.76 Å². The van der Waals surface area contributed by atoms with Gasteiger partial charge in [0.2, 0.25) is 5.91 Å². The smallest absolute Gasteiger partial charge is 0.339 e. The van der Waals surface area contributed by atoms with Crippen molar-refractivity contribution in [2.45, 2.75) is 6.92 Å². The van der Waals surface area contributed by atoms with Crippen LogP contribution in [0, 0.1) is 6.92 Å². The molecule has 6 nitrogen and oxygen atoms in total. The van der Waals surface area contributed by atoms with Gasteiger partial charge >= 0.3 is 5.97 Å². The molecule has 2 rings (SSSR count).